The van der Waals surface area contributed by atoms with Crippen molar-refractivity contribution in [3.05, 3.63) is 69.0 Å². The van der Waals surface area contributed by atoms with Crippen molar-refractivity contribution >= 4 is 43.5 Å². The van der Waals surface area contributed by atoms with E-state index in [9.17, 15) is 26.4 Å². The quantitative estimate of drug-likeness (QED) is 0.176. The van der Waals surface area contributed by atoms with Crippen LogP contribution in [0.2, 0.25) is 0 Å². The number of fused-ring (bicyclic) bond motifs is 4. The summed E-state index contributed by atoms with van der Waals surface area (Å²) in [5, 5.41) is 22.0. The molecule has 18 heteroatoms. The average Bonchev–Trinajstić information content (AvgIpc) is 3.96. The van der Waals surface area contributed by atoms with Crippen molar-refractivity contribution in [1.82, 2.24) is 34.7 Å². The Morgan fingerprint density at radius 2 is 1.15 bits per heavy atom. The summed E-state index contributed by atoms with van der Waals surface area (Å²) in [6.07, 6.45) is 16.9. The number of carbonyl (C=O) groups excluding carboxylic acids is 2. The Morgan fingerprint density at radius 1 is 0.722 bits per heavy atom. The van der Waals surface area contributed by atoms with Gasteiger partial charge < -0.3 is 5.32 Å². The molecule has 0 aliphatic heterocycles. The van der Waals surface area contributed by atoms with E-state index < -0.39 is 26.1 Å². The predicted octanol–water partition coefficient (Wildman–Crippen LogP) is 4.48. The largest absolute Gasteiger partial charge is 0.333 e. The summed E-state index contributed by atoms with van der Waals surface area (Å²) in [7, 11) is -7.76. The fraction of sp³-hybridized carbons (Fsp3) is 0.500. The summed E-state index contributed by atoms with van der Waals surface area (Å²) >= 11 is 0. The summed E-state index contributed by atoms with van der Waals surface area (Å²) in [6, 6.07) is 3.59. The van der Waals surface area contributed by atoms with Gasteiger partial charge in [-0.2, -0.15) is 13.4 Å². The van der Waals surface area contributed by atoms with E-state index in [2.05, 4.69) is 47.8 Å². The van der Waals surface area contributed by atoms with E-state index in [1.54, 1.807) is 33.8 Å². The maximum absolute atomic E-state index is 12.6. The molecule has 4 aromatic rings. The first-order valence-corrected chi connectivity index (χ1v) is 21.3. The maximum Gasteiger partial charge on any atom is 0.333 e. The van der Waals surface area contributed by atoms with Crippen LogP contribution >= 0.6 is 0 Å². The number of primary sulfonamides is 1. The molecule has 4 N–H and O–H groups in total. The zero-order valence-corrected chi connectivity index (χ0v) is 32.6. The highest BCUT2D eigenvalue weighted by Crippen LogP contribution is 2.40. The van der Waals surface area contributed by atoms with Gasteiger partial charge in [0.05, 0.1) is 18.1 Å². The molecular weight excluding hydrogens is 733 g/mol. The fourth-order valence-corrected chi connectivity index (χ4v) is 9.61. The second kappa shape index (κ2) is 15.9. The van der Waals surface area contributed by atoms with Gasteiger partial charge in [-0.1, -0.05) is 22.6 Å². The van der Waals surface area contributed by atoms with Gasteiger partial charge in [0, 0.05) is 17.8 Å². The number of aryl methyl sites for hydroxylation is 4. The molecule has 0 spiro atoms. The predicted molar refractivity (Wildman–Crippen MR) is 200 cm³/mol. The molecule has 4 aliphatic rings. The van der Waals surface area contributed by atoms with Crippen LogP contribution < -0.4 is 15.2 Å². The maximum atomic E-state index is 12.6. The first-order chi connectivity index (χ1) is 25.7. The first-order valence-electron chi connectivity index (χ1n) is 18.3. The number of benzene rings is 2. The third kappa shape index (κ3) is 8.16. The lowest BCUT2D eigenvalue weighted by atomic mass is 9.99. The van der Waals surface area contributed by atoms with E-state index >= 15 is 0 Å². The Kier molecular flexibility index (Phi) is 11.5. The molecule has 0 bridgehead atoms. The first kappa shape index (κ1) is 38.9. The standard InChI is InChI=1S/C18H23N5O3S.C13H13NO.C5H10N4O2S/c1-11(2)23-16(10-19-22-23)27(25,26)21-18(24)20-17-14-7-3-5-12(14)9-13-6-4-8-15(13)17;15-8-14-13-11-5-1-3-9(11)7-10-4-2-6-12(10)13;1-4(2)9-5(3-7-8-9)12(6,10)11/h9-11H,3-8H2,1-2H3,(H2,20,21,24);7H,1-6H2;3-4H,1-2H3,(H2,6,10,11). The zero-order valence-electron chi connectivity index (χ0n) is 30.9. The van der Waals surface area contributed by atoms with Gasteiger partial charge >= 0.3 is 6.03 Å². The number of aliphatic imine (C=N–C) groups is 1. The molecule has 54 heavy (non-hydrogen) atoms. The molecule has 16 nitrogen and oxygen atoms in total. The molecule has 2 heterocycles. The number of nitrogens with two attached hydrogens (primary N) is 1. The monoisotopic (exact) mass is 778 g/mol. The van der Waals surface area contributed by atoms with E-state index in [1.165, 1.54) is 55.6 Å². The number of carbonyl (C=O) groups is 1. The van der Waals surface area contributed by atoms with E-state index in [4.69, 9.17) is 5.14 Å². The van der Waals surface area contributed by atoms with Crippen LogP contribution in [0.3, 0.4) is 0 Å². The molecule has 0 fully saturated rings. The molecule has 0 atom stereocenters. The number of aromatic nitrogens is 6. The minimum absolute atomic E-state index is 0.0579. The summed E-state index contributed by atoms with van der Waals surface area (Å²) in [6.45, 7) is 7.18. The highest BCUT2D eigenvalue weighted by molar-refractivity contribution is 7.90. The van der Waals surface area contributed by atoms with E-state index in [0.29, 0.717) is 0 Å². The van der Waals surface area contributed by atoms with Crippen molar-refractivity contribution < 1.29 is 26.4 Å². The zero-order chi connectivity index (χ0) is 38.8. The van der Waals surface area contributed by atoms with Gasteiger partial charge in [0.2, 0.25) is 6.08 Å². The van der Waals surface area contributed by atoms with Crippen LogP contribution in [-0.2, 0) is 76.2 Å². The lowest BCUT2D eigenvalue weighted by Crippen LogP contribution is -2.36. The summed E-state index contributed by atoms with van der Waals surface area (Å²) in [5.41, 5.74) is 12.1. The SMILES string of the molecule is CC(C)n1nncc1S(=O)(=O)NC(=O)Nc1c2c(cc3c1CCC3)CCC2.CC(C)n1nncc1S(N)(=O)=O.O=C=Nc1c2c(cc3c1CCC3)CCC2. The lowest BCUT2D eigenvalue weighted by molar-refractivity contribution is 0.256. The summed E-state index contributed by atoms with van der Waals surface area (Å²) < 4.78 is 51.7. The van der Waals surface area contributed by atoms with Crippen LogP contribution in [0.25, 0.3) is 0 Å². The van der Waals surface area contributed by atoms with Crippen LogP contribution in [0.1, 0.15) is 110 Å². The lowest BCUT2D eigenvalue weighted by Gasteiger charge is -2.17. The highest BCUT2D eigenvalue weighted by atomic mass is 32.2. The Morgan fingerprint density at radius 3 is 1.57 bits per heavy atom. The number of nitrogens with zero attached hydrogens (tertiary/aromatic N) is 7. The van der Waals surface area contributed by atoms with Gasteiger partial charge in [-0.05, 0) is 149 Å². The highest BCUT2D eigenvalue weighted by Gasteiger charge is 2.29. The number of rotatable bonds is 7. The number of hydrogen-bond acceptors (Lipinski definition) is 11. The summed E-state index contributed by atoms with van der Waals surface area (Å²) in [4.78, 5) is 27.0. The Balaban J connectivity index is 0.000000154. The summed E-state index contributed by atoms with van der Waals surface area (Å²) in [5.74, 6) is 0. The molecule has 288 valence electrons. The van der Waals surface area contributed by atoms with Crippen molar-refractivity contribution in [1.29, 1.82) is 0 Å². The van der Waals surface area contributed by atoms with Gasteiger partial charge in [0.1, 0.15) is 0 Å². The van der Waals surface area contributed by atoms with Crippen molar-refractivity contribution in [2.45, 2.75) is 127 Å². The molecular formula is C36H46N10O6S2. The average molecular weight is 779 g/mol. The van der Waals surface area contributed by atoms with Crippen LogP contribution in [0.4, 0.5) is 16.2 Å². The number of amides is 2. The molecule has 0 radical (unpaired) electrons. The Hall–Kier alpha value is -4.77. The molecule has 0 saturated heterocycles. The van der Waals surface area contributed by atoms with E-state index in [1.807, 2.05) is 0 Å². The van der Waals surface area contributed by atoms with E-state index in [0.717, 1.165) is 99.1 Å². The number of isocyanates is 1. The number of sulfonamides is 2. The van der Waals surface area contributed by atoms with Crippen LogP contribution in [0.5, 0.6) is 0 Å². The van der Waals surface area contributed by atoms with Crippen molar-refractivity contribution in [3.63, 3.8) is 0 Å². The normalized spacial score (nSPS) is 15.3. The van der Waals surface area contributed by atoms with Gasteiger partial charge in [-0.15, -0.1) is 10.2 Å². The van der Waals surface area contributed by atoms with E-state index in [-0.39, 0.29) is 22.1 Å². The third-order valence-electron chi connectivity index (χ3n) is 10.2. The van der Waals surface area contributed by atoms with Crippen molar-refractivity contribution in [3.8, 4) is 0 Å². The van der Waals surface area contributed by atoms with Crippen molar-refractivity contribution in [2.24, 2.45) is 10.1 Å². The van der Waals surface area contributed by atoms with Gasteiger partial charge in [0.15, 0.2) is 10.1 Å². The molecule has 2 amide bonds. The molecule has 2 aromatic carbocycles. The third-order valence-corrected chi connectivity index (χ3v) is 12.3. The Labute approximate surface area is 315 Å². The topological polar surface area (TPSA) is 226 Å². The number of urea groups is 1. The molecule has 0 unspecified atom stereocenters. The van der Waals surface area contributed by atoms with Crippen molar-refractivity contribution in [2.75, 3.05) is 5.32 Å². The van der Waals surface area contributed by atoms with Gasteiger partial charge in [0.25, 0.3) is 20.0 Å². The Bertz CT molecular complexity index is 2280. The smallest absolute Gasteiger partial charge is 0.307 e. The second-order valence-corrected chi connectivity index (χ2v) is 17.6. The fourth-order valence-electron chi connectivity index (χ4n) is 7.83. The second-order valence-electron chi connectivity index (χ2n) is 14.5. The molecule has 4 aliphatic carbocycles. The minimum Gasteiger partial charge on any atom is -0.307 e. The van der Waals surface area contributed by atoms with Gasteiger partial charge in [-0.3, -0.25) is 0 Å². The number of nitrogens with one attached hydrogen (secondary N) is 2. The molecule has 0 saturated carbocycles. The number of hydrogen-bond donors (Lipinski definition) is 3. The van der Waals surface area contributed by atoms with Crippen LogP contribution in [0.15, 0.2) is 39.6 Å². The number of anilines is 1. The van der Waals surface area contributed by atoms with Crippen LogP contribution in [-0.4, -0.2) is 58.9 Å². The molecule has 8 rings (SSSR count). The van der Waals surface area contributed by atoms with Gasteiger partial charge in [-0.25, -0.2) is 37.2 Å². The minimum atomic E-state index is -4.06. The molecule has 2 aromatic heterocycles. The van der Waals surface area contributed by atoms with Crippen LogP contribution in [0, 0.1) is 0 Å².